The van der Waals surface area contributed by atoms with Gasteiger partial charge in [-0.05, 0) is 333 Å². The first-order valence-electron chi connectivity index (χ1n) is 51.5. The zero-order valence-corrected chi connectivity index (χ0v) is 94.6. The average molecular weight is 1910 g/mol. The van der Waals surface area contributed by atoms with E-state index in [4.69, 9.17) is 11.6 Å². The molecule has 0 aliphatic heterocycles. The van der Waals surface area contributed by atoms with Crippen molar-refractivity contribution in [3.63, 3.8) is 0 Å². The van der Waals surface area contributed by atoms with Gasteiger partial charge in [-0.2, -0.15) is 0 Å². The van der Waals surface area contributed by atoms with E-state index in [0.717, 1.165) is 34.2 Å². The smallest absolute Gasteiger partial charge is 0.0573 e. The summed E-state index contributed by atoms with van der Waals surface area (Å²) in [5.74, 6) is 0.000985. The Labute approximate surface area is 854 Å². The fourth-order valence-corrected chi connectivity index (χ4v) is 22.6. The van der Waals surface area contributed by atoms with E-state index in [-0.39, 0.29) is 81.7 Å². The lowest BCUT2D eigenvalue weighted by atomic mass is 9.61. The molecule has 1 atom stereocenters. The number of nitrogens with one attached hydrogen (secondary N) is 1. The summed E-state index contributed by atoms with van der Waals surface area (Å²) in [5.41, 5.74) is 38.4. The summed E-state index contributed by atoms with van der Waals surface area (Å²) in [5, 5.41) is 11.7. The third-order valence-corrected chi connectivity index (χ3v) is 32.4. The Morgan fingerprint density at radius 2 is 0.597 bits per heavy atom. The second kappa shape index (κ2) is 37.8. The molecule has 2 aromatic heterocycles. The molecule has 0 saturated carbocycles. The fourth-order valence-electron chi connectivity index (χ4n) is 20.6. The van der Waals surface area contributed by atoms with Crippen LogP contribution < -0.4 is 15.1 Å². The van der Waals surface area contributed by atoms with Crippen LogP contribution in [0.2, 0.25) is 5.02 Å². The standard InChI is InChI=1S/C67H83NS.C44H56ClN.C22H27NS/c1-61(2,3)45-25-23-43(24-26-45)59(55-42-69-58-34-30-48(41-54(55)58)64(10,11)12)44-37-49(65(13,14)15)39-51(38-44)68(50-31-27-46(28-32-50)62(4,5)6)57-33-29-47(63(7,8)9)40-53(57)52-21-20-22-56-60(52)67(18,19)36-35-66(56,16)17;1-40(2,3)29-17-20-33(21-18-29)46(34-26-31(42(7,8)9)25-32(45)28-34)38-22-19-30(41(4,5)6)27-36(38)35-15-14-16-37-39(35)44(12,13)24-23-43(37,10)11;1-21(2,3)15-7-10-17(11-8-15)23-19-14-24-20-12-9-16(13-18(19)20)22(4,5)6/h20-34,37-42,59H,35-36H2,1-19H3;14-22,25-28H,23-24H2,1-13H3;7-14,23H,1-6H3. The maximum atomic E-state index is 6.94. The van der Waals surface area contributed by atoms with E-state index < -0.39 is 0 Å². The monoisotopic (exact) mass is 1900 g/mol. The molecule has 0 saturated heterocycles. The predicted molar refractivity (Wildman–Crippen MR) is 616 cm³/mol. The van der Waals surface area contributed by atoms with Crippen molar-refractivity contribution in [1.29, 1.82) is 0 Å². The van der Waals surface area contributed by atoms with Gasteiger partial charge in [0.1, 0.15) is 0 Å². The lowest BCUT2D eigenvalue weighted by Gasteiger charge is -2.43. The molecule has 1 N–H and O–H groups in total. The van der Waals surface area contributed by atoms with Crippen LogP contribution in [0.25, 0.3) is 42.4 Å². The van der Waals surface area contributed by atoms with Gasteiger partial charge in [0.25, 0.3) is 0 Å². The molecule has 12 aromatic carbocycles. The van der Waals surface area contributed by atoms with Crippen LogP contribution in [-0.4, -0.2) is 0 Å². The number of fused-ring (bicyclic) bond motifs is 4. The third-order valence-electron chi connectivity index (χ3n) is 30.2. The third kappa shape index (κ3) is 23.0. The summed E-state index contributed by atoms with van der Waals surface area (Å²) in [7, 11) is 0. The van der Waals surface area contributed by atoms with E-state index in [1.807, 2.05) is 11.3 Å². The Morgan fingerprint density at radius 3 is 0.993 bits per heavy atom. The van der Waals surface area contributed by atoms with E-state index in [0.29, 0.717) is 0 Å². The molecule has 2 aliphatic carbocycles. The van der Waals surface area contributed by atoms with E-state index >= 15 is 0 Å². The summed E-state index contributed by atoms with van der Waals surface area (Å²) in [6.07, 6.45) is 4.69. The van der Waals surface area contributed by atoms with Crippen LogP contribution in [0.15, 0.2) is 253 Å². The minimum atomic E-state index is -0.129. The summed E-state index contributed by atoms with van der Waals surface area (Å²) in [6.45, 7) is 88.7. The lowest BCUT2D eigenvalue weighted by Crippen LogP contribution is -2.34. The number of hydrogen-bond donors (Lipinski definition) is 1. The lowest BCUT2D eigenvalue weighted by molar-refractivity contribution is 0.333. The molecule has 14 aromatic rings. The van der Waals surface area contributed by atoms with E-state index in [9.17, 15) is 0 Å². The number of hydrogen-bond acceptors (Lipinski definition) is 5. The highest BCUT2D eigenvalue weighted by Crippen LogP contribution is 2.57. The fraction of sp³-hybridized carbons (Fsp3) is 0.429. The van der Waals surface area contributed by atoms with Crippen LogP contribution in [0.3, 0.4) is 0 Å². The molecule has 6 heteroatoms. The average Bonchev–Trinajstić information content (AvgIpc) is 1.25. The zero-order valence-electron chi connectivity index (χ0n) is 92.2. The van der Waals surface area contributed by atoms with E-state index in [1.165, 1.54) is 179 Å². The molecule has 16 rings (SSSR count). The predicted octanol–water partition coefficient (Wildman–Crippen LogP) is 41.0. The highest BCUT2D eigenvalue weighted by Gasteiger charge is 2.43. The number of rotatable bonds is 13. The first-order chi connectivity index (χ1) is 64.1. The van der Waals surface area contributed by atoms with Gasteiger partial charge in [-0.3, -0.25) is 0 Å². The van der Waals surface area contributed by atoms with Gasteiger partial charge in [-0.15, -0.1) is 22.7 Å². The highest BCUT2D eigenvalue weighted by atomic mass is 35.5. The minimum Gasteiger partial charge on any atom is -0.354 e. The van der Waals surface area contributed by atoms with Crippen LogP contribution in [0.1, 0.15) is 389 Å². The second-order valence-electron chi connectivity index (χ2n) is 53.8. The highest BCUT2D eigenvalue weighted by molar-refractivity contribution is 7.18. The Kier molecular flexibility index (Phi) is 28.6. The Balaban J connectivity index is 0.000000187. The summed E-state index contributed by atoms with van der Waals surface area (Å²) in [4.78, 5) is 5.05. The van der Waals surface area contributed by atoms with Gasteiger partial charge in [0, 0.05) is 70.7 Å². The van der Waals surface area contributed by atoms with Crippen molar-refractivity contribution in [1.82, 2.24) is 0 Å². The van der Waals surface area contributed by atoms with Gasteiger partial charge in [0.2, 0.25) is 0 Å². The molecule has 2 heterocycles. The van der Waals surface area contributed by atoms with Crippen molar-refractivity contribution >= 4 is 99.9 Å². The first kappa shape index (κ1) is 105. The summed E-state index contributed by atoms with van der Waals surface area (Å²) in [6, 6.07) is 93.9. The van der Waals surface area contributed by atoms with Crippen molar-refractivity contribution in [3.05, 3.63) is 353 Å². The molecular formula is C133H166ClN3S2. The minimum absolute atomic E-state index is 0.000985. The zero-order chi connectivity index (χ0) is 102. The molecular weight excluding hydrogens is 1740 g/mol. The van der Waals surface area contributed by atoms with Gasteiger partial charge in [-0.25, -0.2) is 0 Å². The van der Waals surface area contributed by atoms with Gasteiger partial charge in [0.15, 0.2) is 0 Å². The second-order valence-corrected chi connectivity index (χ2v) is 56.0. The van der Waals surface area contributed by atoms with Crippen molar-refractivity contribution in [2.75, 3.05) is 15.1 Å². The molecule has 732 valence electrons. The quantitative estimate of drug-likeness (QED) is 0.124. The van der Waals surface area contributed by atoms with Crippen molar-refractivity contribution in [3.8, 4) is 22.3 Å². The molecule has 0 bridgehead atoms. The number of halogens is 1. The van der Waals surface area contributed by atoms with Gasteiger partial charge < -0.3 is 15.1 Å². The first-order valence-corrected chi connectivity index (χ1v) is 53.6. The normalized spacial score (nSPS) is 15.4. The van der Waals surface area contributed by atoms with Crippen LogP contribution in [-0.2, 0) is 75.8 Å². The summed E-state index contributed by atoms with van der Waals surface area (Å²) >= 11 is 10.6. The van der Waals surface area contributed by atoms with Crippen LogP contribution in [0.4, 0.5) is 45.5 Å². The van der Waals surface area contributed by atoms with E-state index in [1.54, 1.807) is 11.3 Å². The molecule has 1 unspecified atom stereocenters. The molecule has 0 spiro atoms. The Hall–Kier alpha value is -9.75. The molecule has 139 heavy (non-hydrogen) atoms. The molecule has 2 aliphatic rings. The largest absolute Gasteiger partial charge is 0.354 e. The topological polar surface area (TPSA) is 18.5 Å². The number of anilines is 8. The van der Waals surface area contributed by atoms with Gasteiger partial charge in [0.05, 0.1) is 17.1 Å². The van der Waals surface area contributed by atoms with Crippen LogP contribution in [0, 0.1) is 0 Å². The number of thiophene rings is 2. The molecule has 0 fully saturated rings. The maximum absolute atomic E-state index is 6.94. The van der Waals surface area contributed by atoms with Crippen molar-refractivity contribution in [2.45, 2.75) is 371 Å². The van der Waals surface area contributed by atoms with Gasteiger partial charge in [-0.1, -0.05) is 402 Å². The van der Waals surface area contributed by atoms with Crippen LogP contribution >= 0.6 is 34.3 Å². The van der Waals surface area contributed by atoms with Crippen LogP contribution in [0.5, 0.6) is 0 Å². The molecule has 0 radical (unpaired) electrons. The number of benzene rings is 12. The van der Waals surface area contributed by atoms with E-state index in [2.05, 4.69) is 532 Å². The number of nitrogens with zero attached hydrogens (tertiary/aromatic N) is 2. The summed E-state index contributed by atoms with van der Waals surface area (Å²) < 4.78 is 2.67. The van der Waals surface area contributed by atoms with Gasteiger partial charge >= 0.3 is 0 Å². The molecule has 0 amide bonds. The SMILES string of the molecule is CC(C)(C)c1ccc(C(c2cc(N(c3ccc(C(C)(C)C)cc3)c3ccc(C(C)(C)C)cc3-c3cccc4c3C(C)(C)CCC4(C)C)cc(C(C)(C)C)c2)c2csc3ccc(C(C)(C)C)cc23)cc1.CC(C)(C)c1ccc(N(c2cc(Cl)cc(C(C)(C)C)c2)c2ccc(C(C)(C)C)cc2-c2cccc3c2C(C)(C)CCC3(C)C)cc1.CC(C)(C)c1ccc(Nc2csc3ccc(C(C)(C)C)cc23)cc1. The Morgan fingerprint density at radius 1 is 0.273 bits per heavy atom. The molecule has 3 nitrogen and oxygen atoms in total. The van der Waals surface area contributed by atoms with Crippen molar-refractivity contribution in [2.24, 2.45) is 0 Å². The Bertz CT molecular complexity index is 6780. The maximum Gasteiger partial charge on any atom is 0.0573 e. The van der Waals surface area contributed by atoms with Crippen molar-refractivity contribution < 1.29 is 0 Å².